The van der Waals surface area contributed by atoms with Gasteiger partial charge in [-0.25, -0.2) is 0 Å². The topological polar surface area (TPSA) is 20.3 Å². The van der Waals surface area contributed by atoms with Crippen LogP contribution in [0.2, 0.25) is 0 Å². The first-order valence-electron chi connectivity index (χ1n) is 5.27. The third-order valence-corrected chi connectivity index (χ3v) is 3.69. The molecule has 0 radical (unpaired) electrons. The SMILES string of the molecule is Cc1cc(Br)ccc1C(=O)N1CCC(Cl)C1. The summed E-state index contributed by atoms with van der Waals surface area (Å²) in [5, 5.41) is 0.111. The number of halogens is 2. The lowest BCUT2D eigenvalue weighted by Gasteiger charge is -2.16. The fourth-order valence-corrected chi connectivity index (χ4v) is 2.68. The minimum atomic E-state index is 0.0909. The van der Waals surface area contributed by atoms with Crippen molar-refractivity contribution in [3.05, 3.63) is 33.8 Å². The monoisotopic (exact) mass is 301 g/mol. The molecule has 1 heterocycles. The highest BCUT2D eigenvalue weighted by atomic mass is 79.9. The average molecular weight is 303 g/mol. The van der Waals surface area contributed by atoms with Crippen LogP contribution in [0.3, 0.4) is 0 Å². The number of hydrogen-bond acceptors (Lipinski definition) is 1. The van der Waals surface area contributed by atoms with Gasteiger partial charge in [0.1, 0.15) is 0 Å². The van der Waals surface area contributed by atoms with Crippen molar-refractivity contribution in [2.45, 2.75) is 18.7 Å². The molecule has 0 aromatic heterocycles. The standard InChI is InChI=1S/C12H13BrClNO/c1-8-6-9(13)2-3-11(8)12(16)15-5-4-10(14)7-15/h2-3,6,10H,4-5,7H2,1H3. The van der Waals surface area contributed by atoms with Crippen molar-refractivity contribution in [2.75, 3.05) is 13.1 Å². The molecule has 1 aromatic rings. The summed E-state index contributed by atoms with van der Waals surface area (Å²) in [6, 6.07) is 5.72. The van der Waals surface area contributed by atoms with Crippen molar-refractivity contribution in [1.82, 2.24) is 4.90 Å². The van der Waals surface area contributed by atoms with E-state index in [1.165, 1.54) is 0 Å². The van der Waals surface area contributed by atoms with Crippen LogP contribution in [-0.4, -0.2) is 29.3 Å². The van der Waals surface area contributed by atoms with Gasteiger partial charge in [-0.3, -0.25) is 4.79 Å². The van der Waals surface area contributed by atoms with Crippen LogP contribution in [0.15, 0.2) is 22.7 Å². The lowest BCUT2D eigenvalue weighted by molar-refractivity contribution is 0.0792. The second kappa shape index (κ2) is 4.76. The maximum absolute atomic E-state index is 12.2. The maximum Gasteiger partial charge on any atom is 0.254 e. The molecule has 4 heteroatoms. The Morgan fingerprint density at radius 1 is 1.56 bits per heavy atom. The Bertz CT molecular complexity index is 421. The number of hydrogen-bond donors (Lipinski definition) is 0. The Morgan fingerprint density at radius 3 is 2.88 bits per heavy atom. The third kappa shape index (κ3) is 2.41. The molecule has 86 valence electrons. The zero-order valence-electron chi connectivity index (χ0n) is 9.04. The van der Waals surface area contributed by atoms with Gasteiger partial charge in [0.25, 0.3) is 5.91 Å². The number of carbonyl (C=O) groups excluding carboxylic acids is 1. The molecule has 1 saturated heterocycles. The summed E-state index contributed by atoms with van der Waals surface area (Å²) in [6.45, 7) is 3.38. The van der Waals surface area contributed by atoms with Crippen LogP contribution in [0.4, 0.5) is 0 Å². The lowest BCUT2D eigenvalue weighted by Crippen LogP contribution is -2.29. The highest BCUT2D eigenvalue weighted by molar-refractivity contribution is 9.10. The minimum absolute atomic E-state index is 0.0909. The van der Waals surface area contributed by atoms with Gasteiger partial charge in [0.05, 0.1) is 5.38 Å². The Kier molecular flexibility index (Phi) is 3.55. The molecule has 1 aromatic carbocycles. The number of rotatable bonds is 1. The molecule has 0 saturated carbocycles. The molecule has 2 nitrogen and oxygen atoms in total. The molecule has 0 aliphatic carbocycles. The van der Waals surface area contributed by atoms with Crippen LogP contribution in [0.1, 0.15) is 22.3 Å². The van der Waals surface area contributed by atoms with E-state index in [4.69, 9.17) is 11.6 Å². The number of alkyl halides is 1. The van der Waals surface area contributed by atoms with Gasteiger partial charge in [-0.05, 0) is 37.1 Å². The van der Waals surface area contributed by atoms with E-state index in [0.29, 0.717) is 6.54 Å². The maximum atomic E-state index is 12.2. The van der Waals surface area contributed by atoms with Gasteiger partial charge in [-0.1, -0.05) is 15.9 Å². The van der Waals surface area contributed by atoms with Crippen LogP contribution in [-0.2, 0) is 0 Å². The third-order valence-electron chi connectivity index (χ3n) is 2.84. The number of carbonyl (C=O) groups is 1. The lowest BCUT2D eigenvalue weighted by atomic mass is 10.1. The first-order valence-corrected chi connectivity index (χ1v) is 6.50. The van der Waals surface area contributed by atoms with Gasteiger partial charge in [-0.15, -0.1) is 11.6 Å². The molecule has 2 rings (SSSR count). The zero-order valence-corrected chi connectivity index (χ0v) is 11.4. The Labute approximate surface area is 109 Å². The molecular weight excluding hydrogens is 289 g/mol. The summed E-state index contributed by atoms with van der Waals surface area (Å²) >= 11 is 9.39. The largest absolute Gasteiger partial charge is 0.337 e. The summed E-state index contributed by atoms with van der Waals surface area (Å²) < 4.78 is 0.998. The van der Waals surface area contributed by atoms with Crippen molar-refractivity contribution in [3.8, 4) is 0 Å². The molecule has 1 atom stereocenters. The number of nitrogens with zero attached hydrogens (tertiary/aromatic N) is 1. The first kappa shape index (κ1) is 11.9. The van der Waals surface area contributed by atoms with Crippen LogP contribution >= 0.6 is 27.5 Å². The first-order chi connectivity index (χ1) is 7.58. The van der Waals surface area contributed by atoms with Crippen LogP contribution in [0.5, 0.6) is 0 Å². The molecule has 1 aliphatic rings. The Morgan fingerprint density at radius 2 is 2.31 bits per heavy atom. The molecule has 0 bridgehead atoms. The van der Waals surface area contributed by atoms with Gasteiger partial charge in [0, 0.05) is 23.1 Å². The van der Waals surface area contributed by atoms with Crippen LogP contribution in [0.25, 0.3) is 0 Å². The van der Waals surface area contributed by atoms with Gasteiger partial charge < -0.3 is 4.90 Å². The molecular formula is C12H13BrClNO. The van der Waals surface area contributed by atoms with E-state index in [1.807, 2.05) is 30.0 Å². The quantitative estimate of drug-likeness (QED) is 0.730. The summed E-state index contributed by atoms with van der Waals surface area (Å²) in [7, 11) is 0. The van der Waals surface area contributed by atoms with E-state index in [-0.39, 0.29) is 11.3 Å². The van der Waals surface area contributed by atoms with E-state index >= 15 is 0 Å². The molecule has 1 fully saturated rings. The van der Waals surface area contributed by atoms with Crippen molar-refractivity contribution in [1.29, 1.82) is 0 Å². The van der Waals surface area contributed by atoms with Gasteiger partial charge >= 0.3 is 0 Å². The average Bonchev–Trinajstić information content (AvgIpc) is 2.64. The van der Waals surface area contributed by atoms with E-state index in [0.717, 1.165) is 28.6 Å². The fourth-order valence-electron chi connectivity index (χ4n) is 1.94. The van der Waals surface area contributed by atoms with E-state index < -0.39 is 0 Å². The predicted octanol–water partition coefficient (Wildman–Crippen LogP) is 3.21. The van der Waals surface area contributed by atoms with Crippen molar-refractivity contribution < 1.29 is 4.79 Å². The molecule has 1 amide bonds. The van der Waals surface area contributed by atoms with E-state index in [9.17, 15) is 4.79 Å². The normalized spacial score (nSPS) is 20.2. The summed E-state index contributed by atoms with van der Waals surface area (Å²) in [6.07, 6.45) is 0.892. The number of benzene rings is 1. The highest BCUT2D eigenvalue weighted by Crippen LogP contribution is 2.21. The fraction of sp³-hybridized carbons (Fsp3) is 0.417. The summed E-state index contributed by atoms with van der Waals surface area (Å²) in [4.78, 5) is 14.0. The molecule has 1 unspecified atom stereocenters. The Hall–Kier alpha value is -0.540. The number of aryl methyl sites for hydroxylation is 1. The van der Waals surface area contributed by atoms with Gasteiger partial charge in [0.15, 0.2) is 0 Å². The van der Waals surface area contributed by atoms with E-state index in [2.05, 4.69) is 15.9 Å². The van der Waals surface area contributed by atoms with Gasteiger partial charge in [0.2, 0.25) is 0 Å². The molecule has 1 aliphatic heterocycles. The van der Waals surface area contributed by atoms with E-state index in [1.54, 1.807) is 0 Å². The minimum Gasteiger partial charge on any atom is -0.337 e. The van der Waals surface area contributed by atoms with Crippen LogP contribution in [0, 0.1) is 6.92 Å². The summed E-state index contributed by atoms with van der Waals surface area (Å²) in [5.41, 5.74) is 1.77. The second-order valence-electron chi connectivity index (χ2n) is 4.10. The number of likely N-dealkylation sites (tertiary alicyclic amines) is 1. The Balaban J connectivity index is 2.21. The van der Waals surface area contributed by atoms with Crippen molar-refractivity contribution in [2.24, 2.45) is 0 Å². The molecule has 16 heavy (non-hydrogen) atoms. The van der Waals surface area contributed by atoms with Crippen molar-refractivity contribution in [3.63, 3.8) is 0 Å². The predicted molar refractivity (Wildman–Crippen MR) is 69.0 cm³/mol. The van der Waals surface area contributed by atoms with Gasteiger partial charge in [-0.2, -0.15) is 0 Å². The van der Waals surface area contributed by atoms with Crippen LogP contribution < -0.4 is 0 Å². The molecule has 0 spiro atoms. The highest BCUT2D eigenvalue weighted by Gasteiger charge is 2.26. The smallest absolute Gasteiger partial charge is 0.254 e. The number of amides is 1. The second-order valence-corrected chi connectivity index (χ2v) is 5.63. The molecule has 0 N–H and O–H groups in total. The summed E-state index contributed by atoms with van der Waals surface area (Å²) in [5.74, 6) is 0.0909. The van der Waals surface area contributed by atoms with Crippen molar-refractivity contribution >= 4 is 33.4 Å². The zero-order chi connectivity index (χ0) is 11.7.